The summed E-state index contributed by atoms with van der Waals surface area (Å²) in [6.45, 7) is 6.25. The molecular formula is C23H23ClN4O2. The molecule has 0 unspecified atom stereocenters. The first kappa shape index (κ1) is 21.3. The molecule has 154 valence electrons. The molecule has 0 amide bonds. The van der Waals surface area contributed by atoms with Gasteiger partial charge in [-0.1, -0.05) is 62.7 Å². The maximum absolute atomic E-state index is 12.3. The van der Waals surface area contributed by atoms with Gasteiger partial charge < -0.3 is 15.0 Å². The lowest BCUT2D eigenvalue weighted by Crippen LogP contribution is -2.46. The Labute approximate surface area is 178 Å². The standard InChI is InChI=1S/C23H23ClN4O2/c1-23(2,3)20-17(25-14-26-20)10-6-12-19-22(30)27-18(21(29)28-19)11-5-8-15-7-4-9-16(24)13-15/h4-14H,1-3H3,(H,25,26)(H,27,30)(H,28,29)/b8-5+,10-6+,18-11-,19-12-. The molecule has 0 aliphatic heterocycles. The third-order valence-corrected chi connectivity index (χ3v) is 4.56. The van der Waals surface area contributed by atoms with Gasteiger partial charge in [-0.3, -0.25) is 9.59 Å². The van der Waals surface area contributed by atoms with Crippen molar-refractivity contribution in [2.24, 2.45) is 0 Å². The van der Waals surface area contributed by atoms with Crippen LogP contribution < -0.4 is 21.8 Å². The second kappa shape index (κ2) is 8.97. The van der Waals surface area contributed by atoms with Gasteiger partial charge in [-0.2, -0.15) is 0 Å². The number of hydrogen-bond donors (Lipinski definition) is 3. The summed E-state index contributed by atoms with van der Waals surface area (Å²) in [5, 5.41) is 0.961. The lowest BCUT2D eigenvalue weighted by molar-refractivity contribution is 0.571. The summed E-state index contributed by atoms with van der Waals surface area (Å²) in [7, 11) is 0. The Balaban J connectivity index is 1.87. The van der Waals surface area contributed by atoms with Gasteiger partial charge in [0.1, 0.15) is 10.7 Å². The van der Waals surface area contributed by atoms with Crippen LogP contribution in [-0.2, 0) is 5.41 Å². The molecule has 0 aliphatic rings. The van der Waals surface area contributed by atoms with E-state index in [2.05, 4.69) is 40.7 Å². The van der Waals surface area contributed by atoms with E-state index < -0.39 is 0 Å². The number of aromatic amines is 3. The molecule has 0 saturated carbocycles. The molecule has 0 spiro atoms. The summed E-state index contributed by atoms with van der Waals surface area (Å²) in [4.78, 5) is 37.2. The van der Waals surface area contributed by atoms with Crippen LogP contribution in [0.3, 0.4) is 0 Å². The minimum atomic E-state index is -0.389. The number of halogens is 1. The fourth-order valence-electron chi connectivity index (χ4n) is 2.86. The van der Waals surface area contributed by atoms with Crippen LogP contribution in [0.5, 0.6) is 0 Å². The van der Waals surface area contributed by atoms with Gasteiger partial charge in [0.15, 0.2) is 0 Å². The molecule has 0 saturated heterocycles. The summed E-state index contributed by atoms with van der Waals surface area (Å²) in [6, 6.07) is 7.30. The largest absolute Gasteiger partial charge is 0.348 e. The fourth-order valence-corrected chi connectivity index (χ4v) is 3.06. The first-order valence-corrected chi connectivity index (χ1v) is 9.81. The quantitative estimate of drug-likeness (QED) is 0.603. The Morgan fingerprint density at radius 2 is 1.60 bits per heavy atom. The highest BCUT2D eigenvalue weighted by atomic mass is 35.5. The van der Waals surface area contributed by atoms with Gasteiger partial charge in [-0.15, -0.1) is 0 Å². The fraction of sp³-hybridized carbons (Fsp3) is 0.174. The first-order valence-electron chi connectivity index (χ1n) is 9.43. The van der Waals surface area contributed by atoms with Gasteiger partial charge in [0.25, 0.3) is 11.1 Å². The van der Waals surface area contributed by atoms with Crippen molar-refractivity contribution < 1.29 is 0 Å². The third kappa shape index (κ3) is 5.36. The number of allylic oxidation sites excluding steroid dienone is 2. The Hall–Kier alpha value is -3.38. The molecule has 0 radical (unpaired) electrons. The van der Waals surface area contributed by atoms with Gasteiger partial charge in [-0.05, 0) is 35.9 Å². The van der Waals surface area contributed by atoms with Crippen molar-refractivity contribution in [2.75, 3.05) is 0 Å². The smallest absolute Gasteiger partial charge is 0.272 e. The number of nitrogens with one attached hydrogen (secondary N) is 3. The minimum absolute atomic E-state index is 0.0853. The summed E-state index contributed by atoms with van der Waals surface area (Å²) < 4.78 is 0. The van der Waals surface area contributed by atoms with Crippen LogP contribution in [0.15, 0.2) is 52.3 Å². The molecule has 0 atom stereocenters. The number of benzene rings is 1. The van der Waals surface area contributed by atoms with Gasteiger partial charge in [0.05, 0.1) is 12.0 Å². The molecule has 0 fully saturated rings. The van der Waals surface area contributed by atoms with Gasteiger partial charge >= 0.3 is 0 Å². The lowest BCUT2D eigenvalue weighted by Gasteiger charge is -2.16. The molecule has 3 rings (SSSR count). The normalized spacial score (nSPS) is 13.7. The summed E-state index contributed by atoms with van der Waals surface area (Å²) in [6.07, 6.45) is 11.7. The van der Waals surface area contributed by atoms with Crippen molar-refractivity contribution in [3.63, 3.8) is 0 Å². The monoisotopic (exact) mass is 422 g/mol. The molecule has 6 nitrogen and oxygen atoms in total. The van der Waals surface area contributed by atoms with E-state index in [4.69, 9.17) is 11.6 Å². The molecule has 3 N–H and O–H groups in total. The highest BCUT2D eigenvalue weighted by Crippen LogP contribution is 2.23. The zero-order valence-corrected chi connectivity index (χ0v) is 17.7. The Morgan fingerprint density at radius 1 is 0.967 bits per heavy atom. The van der Waals surface area contributed by atoms with Crippen LogP contribution in [0.4, 0.5) is 0 Å². The molecule has 2 heterocycles. The number of nitrogens with zero attached hydrogens (tertiary/aromatic N) is 1. The summed E-state index contributed by atoms with van der Waals surface area (Å²) in [5.41, 5.74) is 1.80. The molecule has 7 heteroatoms. The van der Waals surface area contributed by atoms with E-state index in [0.717, 1.165) is 17.0 Å². The van der Waals surface area contributed by atoms with E-state index in [9.17, 15) is 9.59 Å². The van der Waals surface area contributed by atoms with Crippen LogP contribution in [0.25, 0.3) is 24.3 Å². The van der Waals surface area contributed by atoms with Crippen LogP contribution in [0, 0.1) is 0 Å². The maximum atomic E-state index is 12.3. The van der Waals surface area contributed by atoms with Crippen molar-refractivity contribution in [2.45, 2.75) is 26.2 Å². The van der Waals surface area contributed by atoms with Crippen molar-refractivity contribution in [3.8, 4) is 0 Å². The summed E-state index contributed by atoms with van der Waals surface area (Å²) >= 11 is 5.95. The predicted octanol–water partition coefficient (Wildman–Crippen LogP) is 2.73. The second-order valence-electron chi connectivity index (χ2n) is 7.75. The number of hydrogen-bond acceptors (Lipinski definition) is 3. The van der Waals surface area contributed by atoms with E-state index in [-0.39, 0.29) is 27.2 Å². The van der Waals surface area contributed by atoms with Crippen molar-refractivity contribution in [1.29, 1.82) is 0 Å². The van der Waals surface area contributed by atoms with Crippen molar-refractivity contribution in [1.82, 2.24) is 19.9 Å². The maximum Gasteiger partial charge on any atom is 0.272 e. The number of aromatic nitrogens is 4. The molecule has 30 heavy (non-hydrogen) atoms. The Kier molecular flexibility index (Phi) is 6.37. The highest BCUT2D eigenvalue weighted by Gasteiger charge is 2.18. The lowest BCUT2D eigenvalue weighted by atomic mass is 9.90. The second-order valence-corrected chi connectivity index (χ2v) is 8.19. The average Bonchev–Trinajstić information content (AvgIpc) is 3.14. The van der Waals surface area contributed by atoms with Crippen LogP contribution in [0.2, 0.25) is 5.02 Å². The van der Waals surface area contributed by atoms with Crippen LogP contribution >= 0.6 is 11.6 Å². The van der Waals surface area contributed by atoms with E-state index >= 15 is 0 Å². The van der Waals surface area contributed by atoms with Crippen LogP contribution in [0.1, 0.15) is 37.7 Å². The van der Waals surface area contributed by atoms with Gasteiger partial charge in [0.2, 0.25) is 0 Å². The zero-order valence-electron chi connectivity index (χ0n) is 17.0. The van der Waals surface area contributed by atoms with Crippen molar-refractivity contribution >= 4 is 35.9 Å². The predicted molar refractivity (Wildman–Crippen MR) is 123 cm³/mol. The molecule has 3 aromatic rings. The van der Waals surface area contributed by atoms with Crippen LogP contribution in [-0.4, -0.2) is 19.9 Å². The zero-order chi connectivity index (χ0) is 21.7. The topological polar surface area (TPSA) is 94.4 Å². The van der Waals surface area contributed by atoms with E-state index in [0.29, 0.717) is 5.02 Å². The Bertz CT molecular complexity index is 1330. The molecular weight excluding hydrogens is 400 g/mol. The van der Waals surface area contributed by atoms with E-state index in [1.54, 1.807) is 54.9 Å². The van der Waals surface area contributed by atoms with Gasteiger partial charge in [0, 0.05) is 16.1 Å². The Morgan fingerprint density at radius 3 is 2.20 bits per heavy atom. The number of rotatable bonds is 4. The first-order chi connectivity index (χ1) is 14.2. The van der Waals surface area contributed by atoms with Gasteiger partial charge in [-0.25, -0.2) is 4.98 Å². The van der Waals surface area contributed by atoms with Crippen molar-refractivity contribution in [3.05, 3.63) is 96.1 Å². The SMILES string of the molecule is CC(C)(C)c1[nH]cnc1/C=C/C=c1\[nH]c(=O)/c(=C/C=C/c2cccc(Cl)c2)[nH]c1=O. The summed E-state index contributed by atoms with van der Waals surface area (Å²) in [5.74, 6) is 0. The van der Waals surface area contributed by atoms with E-state index in [1.165, 1.54) is 0 Å². The minimum Gasteiger partial charge on any atom is -0.348 e. The molecule has 2 aromatic heterocycles. The third-order valence-electron chi connectivity index (χ3n) is 4.32. The molecule has 1 aromatic carbocycles. The highest BCUT2D eigenvalue weighted by molar-refractivity contribution is 6.30. The number of imidazole rings is 1. The molecule has 0 aliphatic carbocycles. The number of H-pyrrole nitrogens is 3. The van der Waals surface area contributed by atoms with E-state index in [1.807, 2.05) is 12.1 Å². The molecule has 0 bridgehead atoms. The average molecular weight is 423 g/mol.